The normalized spacial score (nSPS) is 13.1. The van der Waals surface area contributed by atoms with Gasteiger partial charge in [-0.2, -0.15) is 0 Å². The highest BCUT2D eigenvalue weighted by molar-refractivity contribution is 6.05. The van der Waals surface area contributed by atoms with Crippen LogP contribution in [-0.2, 0) is 28.5 Å². The molecule has 3 rings (SSSR count). The topological polar surface area (TPSA) is 141 Å². The number of carbonyl (C=O) groups is 4. The summed E-state index contributed by atoms with van der Waals surface area (Å²) in [6.07, 6.45) is 4.12. The SMILES string of the molecule is CCCCOCCNC(=O)CCCC(=O)Nc1ccc2c(c1)C(COC(=O)NC)c1cccc(C(=O)CCCOCCCOC)c1-2. The van der Waals surface area contributed by atoms with Gasteiger partial charge in [-0.3, -0.25) is 14.4 Å². The number of methoxy groups -OCH3 is 1. The first-order chi connectivity index (χ1) is 22.4. The molecule has 0 aliphatic heterocycles. The smallest absolute Gasteiger partial charge is 0.406 e. The molecule has 0 bridgehead atoms. The molecule has 0 spiro atoms. The van der Waals surface area contributed by atoms with E-state index in [1.165, 1.54) is 7.05 Å². The molecule has 1 aliphatic carbocycles. The van der Waals surface area contributed by atoms with Crippen molar-refractivity contribution in [3.8, 4) is 11.1 Å². The first-order valence-corrected chi connectivity index (χ1v) is 16.2. The van der Waals surface area contributed by atoms with Gasteiger partial charge in [-0.15, -0.1) is 0 Å². The Morgan fingerprint density at radius 2 is 1.57 bits per heavy atom. The van der Waals surface area contributed by atoms with Crippen molar-refractivity contribution in [1.82, 2.24) is 10.6 Å². The lowest BCUT2D eigenvalue weighted by molar-refractivity contribution is -0.121. The second kappa shape index (κ2) is 20.3. The maximum atomic E-state index is 13.4. The van der Waals surface area contributed by atoms with Crippen LogP contribution in [0.4, 0.5) is 10.5 Å². The molecule has 1 aliphatic rings. The molecule has 11 nitrogen and oxygen atoms in total. The number of anilines is 1. The zero-order valence-corrected chi connectivity index (χ0v) is 27.4. The number of ether oxygens (including phenoxy) is 4. The van der Waals surface area contributed by atoms with Gasteiger partial charge in [-0.05, 0) is 60.1 Å². The molecule has 252 valence electrons. The number of Topliss-reactive ketones (excluding diaryl/α,β-unsaturated/α-hetero) is 1. The molecular weight excluding hydrogens is 590 g/mol. The van der Waals surface area contributed by atoms with E-state index < -0.39 is 6.09 Å². The molecule has 3 amide bonds. The molecule has 11 heteroatoms. The van der Waals surface area contributed by atoms with Crippen LogP contribution in [0.15, 0.2) is 36.4 Å². The number of rotatable bonds is 22. The summed E-state index contributed by atoms with van der Waals surface area (Å²) in [7, 11) is 3.15. The molecular formula is C35H49N3O8. The van der Waals surface area contributed by atoms with E-state index in [1.54, 1.807) is 7.11 Å². The predicted molar refractivity (Wildman–Crippen MR) is 176 cm³/mol. The number of carbonyl (C=O) groups excluding carboxylic acids is 4. The maximum Gasteiger partial charge on any atom is 0.406 e. The van der Waals surface area contributed by atoms with Gasteiger partial charge < -0.3 is 34.9 Å². The number of nitrogens with one attached hydrogen (secondary N) is 3. The van der Waals surface area contributed by atoms with Gasteiger partial charge in [0.2, 0.25) is 11.8 Å². The van der Waals surface area contributed by atoms with Crippen LogP contribution in [0.3, 0.4) is 0 Å². The molecule has 0 saturated carbocycles. The van der Waals surface area contributed by atoms with E-state index in [0.29, 0.717) is 70.1 Å². The van der Waals surface area contributed by atoms with E-state index in [-0.39, 0.29) is 43.0 Å². The minimum Gasteiger partial charge on any atom is -0.449 e. The van der Waals surface area contributed by atoms with Crippen LogP contribution in [-0.4, -0.2) is 84.0 Å². The van der Waals surface area contributed by atoms with Crippen LogP contribution in [0.2, 0.25) is 0 Å². The Balaban J connectivity index is 1.63. The van der Waals surface area contributed by atoms with Crippen molar-refractivity contribution in [1.29, 1.82) is 0 Å². The van der Waals surface area contributed by atoms with Crippen LogP contribution >= 0.6 is 0 Å². The van der Waals surface area contributed by atoms with E-state index in [1.807, 2.05) is 36.4 Å². The van der Waals surface area contributed by atoms with Crippen LogP contribution in [0.25, 0.3) is 11.1 Å². The number of benzene rings is 2. The molecule has 46 heavy (non-hydrogen) atoms. The summed E-state index contributed by atoms with van der Waals surface area (Å²) < 4.78 is 21.6. The molecule has 0 aromatic heterocycles. The van der Waals surface area contributed by atoms with E-state index in [4.69, 9.17) is 18.9 Å². The highest BCUT2D eigenvalue weighted by Crippen LogP contribution is 2.47. The second-order valence-electron chi connectivity index (χ2n) is 11.2. The van der Waals surface area contributed by atoms with Gasteiger partial charge in [0, 0.05) is 83.6 Å². The van der Waals surface area contributed by atoms with Gasteiger partial charge in [0.15, 0.2) is 5.78 Å². The third-order valence-electron chi connectivity index (χ3n) is 7.69. The van der Waals surface area contributed by atoms with Gasteiger partial charge in [0.05, 0.1) is 6.61 Å². The fourth-order valence-electron chi connectivity index (χ4n) is 5.34. The van der Waals surface area contributed by atoms with Gasteiger partial charge in [0.25, 0.3) is 0 Å². The average Bonchev–Trinajstić information content (AvgIpc) is 3.37. The molecule has 2 aromatic carbocycles. The Bertz CT molecular complexity index is 1300. The quantitative estimate of drug-likeness (QED) is 0.118. The molecule has 3 N–H and O–H groups in total. The van der Waals surface area contributed by atoms with Gasteiger partial charge >= 0.3 is 6.09 Å². The van der Waals surface area contributed by atoms with Crippen molar-refractivity contribution >= 4 is 29.4 Å². The standard InChI is InChI=1S/C35H49N3O8/c1-4-5-19-45-22-17-37-32(40)13-7-14-33(41)38-25-15-16-27-29(23-25)30(24-46-35(42)36-2)26-10-6-11-28(34(26)27)31(39)12-8-20-44-21-9-18-43-3/h6,10-11,15-16,23,30H,4-5,7-9,12-14,17-22,24H2,1-3H3,(H,36,42)(H,37,40)(H,38,41). The Morgan fingerprint density at radius 3 is 2.35 bits per heavy atom. The number of alkyl carbamates (subject to hydrolysis) is 1. The number of unbranched alkanes of at least 4 members (excludes halogenated alkanes) is 1. The Kier molecular flexibility index (Phi) is 16.2. The number of ketones is 1. The highest BCUT2D eigenvalue weighted by atomic mass is 16.5. The Morgan fingerprint density at radius 1 is 0.804 bits per heavy atom. The van der Waals surface area contributed by atoms with Crippen molar-refractivity contribution in [3.63, 3.8) is 0 Å². The van der Waals surface area contributed by atoms with Crippen molar-refractivity contribution in [3.05, 3.63) is 53.1 Å². The predicted octanol–water partition coefficient (Wildman–Crippen LogP) is 5.21. The summed E-state index contributed by atoms with van der Waals surface area (Å²) in [4.78, 5) is 50.2. The van der Waals surface area contributed by atoms with Crippen LogP contribution < -0.4 is 16.0 Å². The van der Waals surface area contributed by atoms with E-state index >= 15 is 0 Å². The van der Waals surface area contributed by atoms with E-state index in [0.717, 1.165) is 41.5 Å². The Labute approximate surface area is 272 Å². The summed E-state index contributed by atoms with van der Waals surface area (Å²) in [6.45, 7) is 5.50. The van der Waals surface area contributed by atoms with Crippen LogP contribution in [0, 0.1) is 0 Å². The minimum absolute atomic E-state index is 0.0154. The molecule has 0 radical (unpaired) electrons. The first kappa shape index (κ1) is 36.7. The molecule has 0 heterocycles. The lowest BCUT2D eigenvalue weighted by atomic mass is 9.93. The summed E-state index contributed by atoms with van der Waals surface area (Å²) in [5, 5.41) is 8.22. The summed E-state index contributed by atoms with van der Waals surface area (Å²) >= 11 is 0. The lowest BCUT2D eigenvalue weighted by Gasteiger charge is -2.15. The molecule has 2 aromatic rings. The summed E-state index contributed by atoms with van der Waals surface area (Å²) in [5.41, 5.74) is 4.66. The first-order valence-electron chi connectivity index (χ1n) is 16.2. The minimum atomic E-state index is -0.551. The number of amides is 3. The monoisotopic (exact) mass is 639 g/mol. The van der Waals surface area contributed by atoms with Crippen molar-refractivity contribution in [2.45, 2.75) is 64.2 Å². The zero-order valence-electron chi connectivity index (χ0n) is 27.4. The third kappa shape index (κ3) is 11.5. The summed E-state index contributed by atoms with van der Waals surface area (Å²) in [5.74, 6) is -0.613. The van der Waals surface area contributed by atoms with Crippen molar-refractivity contribution in [2.24, 2.45) is 0 Å². The fourth-order valence-corrected chi connectivity index (χ4v) is 5.34. The largest absolute Gasteiger partial charge is 0.449 e. The fraction of sp³-hybridized carbons (Fsp3) is 0.543. The number of hydrogen-bond acceptors (Lipinski definition) is 8. The van der Waals surface area contributed by atoms with Crippen molar-refractivity contribution in [2.75, 3.05) is 65.7 Å². The second-order valence-corrected chi connectivity index (χ2v) is 11.2. The van der Waals surface area contributed by atoms with E-state index in [2.05, 4.69) is 22.9 Å². The van der Waals surface area contributed by atoms with Crippen LogP contribution in [0.1, 0.15) is 85.7 Å². The number of fused-ring (bicyclic) bond motifs is 3. The zero-order chi connectivity index (χ0) is 33.1. The number of hydrogen-bond donors (Lipinski definition) is 3. The summed E-state index contributed by atoms with van der Waals surface area (Å²) in [6, 6.07) is 11.2. The van der Waals surface area contributed by atoms with Crippen LogP contribution in [0.5, 0.6) is 0 Å². The van der Waals surface area contributed by atoms with Gasteiger partial charge in [0.1, 0.15) is 6.61 Å². The molecule has 0 fully saturated rings. The van der Waals surface area contributed by atoms with Gasteiger partial charge in [-0.25, -0.2) is 4.79 Å². The Hall–Kier alpha value is -3.80. The van der Waals surface area contributed by atoms with E-state index in [9.17, 15) is 19.2 Å². The lowest BCUT2D eigenvalue weighted by Crippen LogP contribution is -2.27. The highest BCUT2D eigenvalue weighted by Gasteiger charge is 2.33. The van der Waals surface area contributed by atoms with Crippen molar-refractivity contribution < 1.29 is 38.1 Å². The molecule has 1 atom stereocenters. The third-order valence-corrected chi connectivity index (χ3v) is 7.69. The molecule has 0 saturated heterocycles. The maximum absolute atomic E-state index is 13.4. The average molecular weight is 640 g/mol. The van der Waals surface area contributed by atoms with Gasteiger partial charge in [-0.1, -0.05) is 37.6 Å². The molecule has 1 unspecified atom stereocenters.